The van der Waals surface area contributed by atoms with Crippen molar-refractivity contribution in [3.8, 4) is 11.3 Å². The normalized spacial score (nSPS) is 18.7. The molecule has 3 aromatic heterocycles. The Labute approximate surface area is 190 Å². The quantitative estimate of drug-likeness (QED) is 0.470. The topological polar surface area (TPSA) is 72.3 Å². The zero-order chi connectivity index (χ0) is 22.1. The zero-order valence-corrected chi connectivity index (χ0v) is 18.3. The monoisotopic (exact) mass is 450 g/mol. The van der Waals surface area contributed by atoms with E-state index in [1.807, 2.05) is 28.9 Å². The molecule has 2 N–H and O–H groups in total. The molecule has 6 nitrogen and oxygen atoms in total. The van der Waals surface area contributed by atoms with Crippen molar-refractivity contribution < 1.29 is 4.39 Å². The number of nitrogens with two attached hydrogens (primary N) is 1. The summed E-state index contributed by atoms with van der Waals surface area (Å²) in [5.74, 6) is 0.349. The first-order chi connectivity index (χ1) is 15.6. The van der Waals surface area contributed by atoms with Gasteiger partial charge >= 0.3 is 0 Å². The molecule has 1 aliphatic rings. The molecule has 32 heavy (non-hydrogen) atoms. The number of anilines is 1. The van der Waals surface area contributed by atoms with Crippen LogP contribution in [-0.4, -0.2) is 31.4 Å². The number of hydrogen-bond donors (Lipinski definition) is 1. The predicted molar refractivity (Wildman–Crippen MR) is 124 cm³/mol. The van der Waals surface area contributed by atoms with E-state index in [0.29, 0.717) is 18.3 Å². The van der Waals surface area contributed by atoms with E-state index >= 15 is 0 Å². The van der Waals surface area contributed by atoms with Crippen molar-refractivity contribution >= 4 is 23.1 Å². The van der Waals surface area contributed by atoms with E-state index in [4.69, 9.17) is 22.3 Å². The van der Waals surface area contributed by atoms with Gasteiger partial charge in [0, 0.05) is 55.2 Å². The van der Waals surface area contributed by atoms with Crippen LogP contribution >= 0.6 is 11.6 Å². The maximum Gasteiger partial charge on any atom is 0.180 e. The number of aromatic nitrogens is 4. The van der Waals surface area contributed by atoms with Gasteiger partial charge in [0.25, 0.3) is 0 Å². The van der Waals surface area contributed by atoms with E-state index in [1.165, 1.54) is 6.07 Å². The summed E-state index contributed by atoms with van der Waals surface area (Å²) in [6, 6.07) is 9.27. The molecule has 0 atom stereocenters. The van der Waals surface area contributed by atoms with Crippen molar-refractivity contribution in [2.45, 2.75) is 44.3 Å². The fourth-order valence-electron chi connectivity index (χ4n) is 4.38. The number of fused-ring (bicyclic) bond motifs is 1. The summed E-state index contributed by atoms with van der Waals surface area (Å²) < 4.78 is 15.7. The van der Waals surface area contributed by atoms with Crippen LogP contribution < -0.4 is 10.6 Å². The lowest BCUT2D eigenvalue weighted by Crippen LogP contribution is -2.41. The van der Waals surface area contributed by atoms with Crippen LogP contribution in [0, 0.1) is 5.82 Å². The molecule has 0 radical (unpaired) electrons. The summed E-state index contributed by atoms with van der Waals surface area (Å²) in [6.45, 7) is 0.686. The van der Waals surface area contributed by atoms with Crippen molar-refractivity contribution in [3.63, 3.8) is 0 Å². The third-order valence-corrected chi connectivity index (χ3v) is 6.42. The molecule has 0 saturated heterocycles. The molecule has 3 heterocycles. The van der Waals surface area contributed by atoms with Gasteiger partial charge in [-0.1, -0.05) is 11.6 Å². The summed E-state index contributed by atoms with van der Waals surface area (Å²) in [4.78, 5) is 16.1. The average molecular weight is 451 g/mol. The summed E-state index contributed by atoms with van der Waals surface area (Å²) >= 11 is 6.06. The van der Waals surface area contributed by atoms with Gasteiger partial charge in [0.15, 0.2) is 11.5 Å². The van der Waals surface area contributed by atoms with E-state index in [9.17, 15) is 4.39 Å². The lowest BCUT2D eigenvalue weighted by molar-refractivity contribution is 0.373. The Bertz CT molecular complexity index is 1220. The standard InChI is InChI=1S/C24H24ClFN6/c25-20-13-17(1-6-21(20)26)22-15-31-12-11-29-23(31)24(30-22)32(14-16-7-9-28-10-8-16)19-4-2-18(27)3-5-19/h1,6-13,15,18-19H,2-5,14,27H2. The summed E-state index contributed by atoms with van der Waals surface area (Å²) in [7, 11) is 0. The molecule has 0 bridgehead atoms. The van der Waals surface area contributed by atoms with Crippen LogP contribution in [0.2, 0.25) is 5.02 Å². The van der Waals surface area contributed by atoms with Gasteiger partial charge in [0.1, 0.15) is 5.82 Å². The zero-order valence-electron chi connectivity index (χ0n) is 17.5. The van der Waals surface area contributed by atoms with Crippen LogP contribution in [0.3, 0.4) is 0 Å². The first-order valence-electron chi connectivity index (χ1n) is 10.8. The minimum absolute atomic E-state index is 0.0755. The summed E-state index contributed by atoms with van der Waals surface area (Å²) in [5.41, 5.74) is 9.58. The Hall–Kier alpha value is -3.03. The Morgan fingerprint density at radius 2 is 1.88 bits per heavy atom. The van der Waals surface area contributed by atoms with Crippen molar-refractivity contribution in [1.82, 2.24) is 19.4 Å². The Morgan fingerprint density at radius 1 is 1.09 bits per heavy atom. The van der Waals surface area contributed by atoms with Crippen LogP contribution in [0.15, 0.2) is 61.3 Å². The van der Waals surface area contributed by atoms with Crippen molar-refractivity contribution in [2.75, 3.05) is 4.90 Å². The Balaban J connectivity index is 1.62. The Kier molecular flexibility index (Phi) is 5.76. The number of hydrogen-bond acceptors (Lipinski definition) is 5. The van der Waals surface area contributed by atoms with E-state index in [2.05, 4.69) is 14.9 Å². The molecular weight excluding hydrogens is 427 g/mol. The number of rotatable bonds is 5. The van der Waals surface area contributed by atoms with Gasteiger partial charge in [-0.05, 0) is 61.6 Å². The second-order valence-electron chi connectivity index (χ2n) is 8.29. The highest BCUT2D eigenvalue weighted by molar-refractivity contribution is 6.31. The van der Waals surface area contributed by atoms with Crippen LogP contribution in [0.25, 0.3) is 16.9 Å². The fraction of sp³-hybridized carbons (Fsp3) is 0.292. The molecule has 0 aliphatic heterocycles. The molecule has 4 aromatic rings. The molecular formula is C24H24ClFN6. The second-order valence-corrected chi connectivity index (χ2v) is 8.70. The molecule has 0 amide bonds. The largest absolute Gasteiger partial charge is 0.346 e. The maximum absolute atomic E-state index is 13.8. The molecule has 1 saturated carbocycles. The minimum atomic E-state index is -0.447. The van der Waals surface area contributed by atoms with Crippen molar-refractivity contribution in [1.29, 1.82) is 0 Å². The second kappa shape index (κ2) is 8.84. The highest BCUT2D eigenvalue weighted by Crippen LogP contribution is 2.32. The third kappa shape index (κ3) is 4.18. The molecule has 1 aromatic carbocycles. The van der Waals surface area contributed by atoms with Gasteiger partial charge in [-0.2, -0.15) is 0 Å². The molecule has 0 unspecified atom stereocenters. The highest BCUT2D eigenvalue weighted by Gasteiger charge is 2.28. The molecule has 1 fully saturated rings. The van der Waals surface area contributed by atoms with E-state index in [1.54, 1.807) is 30.7 Å². The van der Waals surface area contributed by atoms with Gasteiger partial charge in [0.2, 0.25) is 0 Å². The average Bonchev–Trinajstić information content (AvgIpc) is 3.29. The van der Waals surface area contributed by atoms with Crippen LogP contribution in [0.5, 0.6) is 0 Å². The first-order valence-corrected chi connectivity index (χ1v) is 11.2. The number of imidazole rings is 1. The molecule has 5 rings (SSSR count). The van der Waals surface area contributed by atoms with Gasteiger partial charge in [0.05, 0.1) is 10.7 Å². The maximum atomic E-state index is 13.8. The molecule has 0 spiro atoms. The van der Waals surface area contributed by atoms with Gasteiger partial charge < -0.3 is 15.0 Å². The molecule has 8 heteroatoms. The van der Waals surface area contributed by atoms with Crippen LogP contribution in [0.4, 0.5) is 10.2 Å². The number of nitrogens with zero attached hydrogens (tertiary/aromatic N) is 5. The van der Waals surface area contributed by atoms with E-state index < -0.39 is 5.82 Å². The lowest BCUT2D eigenvalue weighted by Gasteiger charge is -2.37. The van der Waals surface area contributed by atoms with Crippen LogP contribution in [0.1, 0.15) is 31.2 Å². The number of pyridine rings is 1. The van der Waals surface area contributed by atoms with E-state index in [-0.39, 0.29) is 11.1 Å². The molecule has 164 valence electrons. The SMILES string of the molecule is NC1CCC(N(Cc2ccncc2)c2nc(-c3ccc(F)c(Cl)c3)cn3ccnc23)CC1. The minimum Gasteiger partial charge on any atom is -0.346 e. The Morgan fingerprint density at radius 3 is 2.62 bits per heavy atom. The van der Waals surface area contributed by atoms with Crippen LogP contribution in [-0.2, 0) is 6.54 Å². The van der Waals surface area contributed by atoms with Crippen molar-refractivity contribution in [3.05, 3.63) is 77.7 Å². The van der Waals surface area contributed by atoms with Gasteiger partial charge in [-0.3, -0.25) is 4.98 Å². The first kappa shape index (κ1) is 20.8. The summed E-state index contributed by atoms with van der Waals surface area (Å²) in [6.07, 6.45) is 13.1. The van der Waals surface area contributed by atoms with E-state index in [0.717, 1.165) is 48.3 Å². The van der Waals surface area contributed by atoms with Gasteiger partial charge in [-0.15, -0.1) is 0 Å². The number of benzene rings is 1. The number of halogens is 2. The fourth-order valence-corrected chi connectivity index (χ4v) is 4.56. The highest BCUT2D eigenvalue weighted by atomic mass is 35.5. The smallest absolute Gasteiger partial charge is 0.180 e. The van der Waals surface area contributed by atoms with Crippen molar-refractivity contribution in [2.24, 2.45) is 5.73 Å². The third-order valence-electron chi connectivity index (χ3n) is 6.13. The molecule has 1 aliphatic carbocycles. The van der Waals surface area contributed by atoms with Gasteiger partial charge in [-0.25, -0.2) is 14.4 Å². The summed E-state index contributed by atoms with van der Waals surface area (Å²) in [5, 5.41) is 0.0755. The lowest BCUT2D eigenvalue weighted by atomic mass is 9.90. The predicted octanol–water partition coefficient (Wildman–Crippen LogP) is 4.86.